The van der Waals surface area contributed by atoms with E-state index in [1.54, 1.807) is 24.4 Å². The first kappa shape index (κ1) is 24.8. The Kier molecular flexibility index (Phi) is 6.59. The number of pyridine rings is 1. The van der Waals surface area contributed by atoms with Crippen LogP contribution in [-0.4, -0.2) is 43.1 Å². The van der Waals surface area contributed by atoms with Crippen molar-refractivity contribution in [2.75, 3.05) is 18.0 Å². The van der Waals surface area contributed by atoms with Crippen LogP contribution in [0, 0.1) is 6.92 Å². The largest absolute Gasteiger partial charge is 0.443 e. The lowest BCUT2D eigenvalue weighted by Gasteiger charge is -2.50. The van der Waals surface area contributed by atoms with Crippen LogP contribution in [-0.2, 0) is 15.9 Å². The van der Waals surface area contributed by atoms with E-state index in [2.05, 4.69) is 21.3 Å². The second-order valence-electron chi connectivity index (χ2n) is 9.30. The van der Waals surface area contributed by atoms with Gasteiger partial charge >= 0.3 is 0 Å². The number of nitrogens with one attached hydrogen (secondary N) is 1. The Morgan fingerprint density at radius 1 is 1.11 bits per heavy atom. The predicted octanol–water partition coefficient (Wildman–Crippen LogP) is 4.56. The van der Waals surface area contributed by atoms with E-state index in [0.29, 0.717) is 22.8 Å². The minimum Gasteiger partial charge on any atom is -0.443 e. The quantitative estimate of drug-likeness (QED) is 0.476. The zero-order chi connectivity index (χ0) is 25.5. The van der Waals surface area contributed by atoms with Crippen LogP contribution in [0.25, 0.3) is 0 Å². The lowest BCUT2D eigenvalue weighted by molar-refractivity contribution is -0.0716. The summed E-state index contributed by atoms with van der Waals surface area (Å²) in [7, 11) is -4.02. The van der Waals surface area contributed by atoms with Crippen LogP contribution >= 0.6 is 11.6 Å². The Morgan fingerprint density at radius 3 is 2.53 bits per heavy atom. The fourth-order valence-electron chi connectivity index (χ4n) is 4.73. The zero-order valence-electron chi connectivity index (χ0n) is 20.0. The van der Waals surface area contributed by atoms with Crippen molar-refractivity contribution in [1.82, 2.24) is 10.3 Å². The second-order valence-corrected chi connectivity index (χ2v) is 11.2. The molecule has 2 N–H and O–H groups in total. The zero-order valence-corrected chi connectivity index (χ0v) is 21.6. The molecule has 0 spiro atoms. The van der Waals surface area contributed by atoms with Gasteiger partial charge in [0.2, 0.25) is 0 Å². The Labute approximate surface area is 216 Å². The maximum absolute atomic E-state index is 10.5. The first-order valence-corrected chi connectivity index (χ1v) is 13.6. The number of aryl methyl sites for hydroxylation is 1. The first-order valence-electron chi connectivity index (χ1n) is 11.8. The Bertz CT molecular complexity index is 1350. The number of halogens is 1. The van der Waals surface area contributed by atoms with Crippen molar-refractivity contribution < 1.29 is 22.4 Å². The van der Waals surface area contributed by atoms with E-state index in [1.807, 2.05) is 32.0 Å². The van der Waals surface area contributed by atoms with E-state index in [0.717, 1.165) is 35.8 Å². The molecule has 0 radical (unpaired) electrons. The molecule has 1 saturated carbocycles. The van der Waals surface area contributed by atoms with Gasteiger partial charge in [-0.1, -0.05) is 35.4 Å². The van der Waals surface area contributed by atoms with Crippen molar-refractivity contribution in [2.24, 2.45) is 0 Å². The van der Waals surface area contributed by atoms with Gasteiger partial charge in [0.15, 0.2) is 11.5 Å². The van der Waals surface area contributed by atoms with Crippen molar-refractivity contribution in [2.45, 2.75) is 49.5 Å². The maximum atomic E-state index is 10.5. The average Bonchev–Trinajstić information content (AvgIpc) is 3.17. The number of aromatic nitrogens is 1. The van der Waals surface area contributed by atoms with Gasteiger partial charge in [-0.3, -0.25) is 9.54 Å². The Balaban J connectivity index is 0.000000205. The molecule has 1 saturated heterocycles. The third-order valence-electron chi connectivity index (χ3n) is 6.78. The second kappa shape index (κ2) is 9.55. The molecule has 0 amide bonds. The number of para-hydroxylation sites is 1. The van der Waals surface area contributed by atoms with Gasteiger partial charge in [-0.25, -0.2) is 0 Å². The fraction of sp³-hybridized carbons (Fsp3) is 0.346. The molecular formula is C26H28ClN3O5S. The van der Waals surface area contributed by atoms with Crippen molar-refractivity contribution in [3.05, 3.63) is 77.1 Å². The molecule has 3 aromatic rings. The molecule has 190 valence electrons. The van der Waals surface area contributed by atoms with E-state index < -0.39 is 15.9 Å². The third-order valence-corrected chi connectivity index (χ3v) is 7.87. The van der Waals surface area contributed by atoms with Gasteiger partial charge in [0.05, 0.1) is 15.6 Å². The van der Waals surface area contributed by atoms with E-state index in [-0.39, 0.29) is 4.90 Å². The van der Waals surface area contributed by atoms with Crippen LogP contribution in [0.2, 0.25) is 5.02 Å². The standard InChI is InChI=1S/C19H20ClN3O2.C7H8O3S/c1-19(17-8-5-12(20)11-22-17)24-16-4-2-3-15(18(16)25-19)23-10-9-21-13-6-7-14(13)23;1-6-2-4-7(5-3-6)11(8,9)10/h2-5,8,11,13-14,21H,6-7,9-10H2,1H3;2-5H,1H3,(H,8,9,10)/t13-,14+,19-;/m0./s1. The number of benzene rings is 2. The molecule has 3 heterocycles. The smallest absolute Gasteiger partial charge is 0.294 e. The highest BCUT2D eigenvalue weighted by Gasteiger charge is 2.44. The van der Waals surface area contributed by atoms with Gasteiger partial charge in [-0.2, -0.15) is 8.42 Å². The molecular weight excluding hydrogens is 502 g/mol. The number of hydrogen-bond donors (Lipinski definition) is 2. The molecule has 2 aromatic carbocycles. The number of ether oxygens (including phenoxy) is 2. The molecule has 0 bridgehead atoms. The summed E-state index contributed by atoms with van der Waals surface area (Å²) in [6.45, 7) is 5.73. The van der Waals surface area contributed by atoms with Crippen LogP contribution in [0.3, 0.4) is 0 Å². The SMILES string of the molecule is C[C@]1(c2ccc(Cl)cn2)Oc2cccc(N3CCN[C@H]4CC[C@H]43)c2O1.Cc1ccc(S(=O)(=O)O)cc1. The predicted molar refractivity (Wildman–Crippen MR) is 137 cm³/mol. The molecule has 1 aromatic heterocycles. The monoisotopic (exact) mass is 529 g/mol. The number of fused-ring (bicyclic) bond motifs is 2. The Morgan fingerprint density at radius 2 is 1.89 bits per heavy atom. The van der Waals surface area contributed by atoms with Crippen LogP contribution < -0.4 is 19.7 Å². The number of hydrogen-bond acceptors (Lipinski definition) is 7. The van der Waals surface area contributed by atoms with Gasteiger partial charge in [-0.15, -0.1) is 0 Å². The summed E-state index contributed by atoms with van der Waals surface area (Å²) in [6, 6.07) is 16.9. The van der Waals surface area contributed by atoms with E-state index in [9.17, 15) is 8.42 Å². The highest BCUT2D eigenvalue weighted by atomic mass is 35.5. The molecule has 6 rings (SSSR count). The molecule has 36 heavy (non-hydrogen) atoms. The van der Waals surface area contributed by atoms with Crippen LogP contribution in [0.15, 0.2) is 65.7 Å². The van der Waals surface area contributed by atoms with Crippen LogP contribution in [0.5, 0.6) is 11.5 Å². The van der Waals surface area contributed by atoms with Gasteiger partial charge in [0, 0.05) is 38.3 Å². The molecule has 0 unspecified atom stereocenters. The van der Waals surface area contributed by atoms with E-state index in [1.165, 1.54) is 25.0 Å². The summed E-state index contributed by atoms with van der Waals surface area (Å²) in [5.41, 5.74) is 2.78. The van der Waals surface area contributed by atoms with Crippen LogP contribution in [0.4, 0.5) is 5.69 Å². The van der Waals surface area contributed by atoms with Crippen molar-refractivity contribution in [3.8, 4) is 11.5 Å². The van der Waals surface area contributed by atoms with Gasteiger partial charge < -0.3 is 19.7 Å². The number of piperazine rings is 1. The highest BCUT2D eigenvalue weighted by Crippen LogP contribution is 2.50. The molecule has 2 fully saturated rings. The van der Waals surface area contributed by atoms with E-state index >= 15 is 0 Å². The summed E-state index contributed by atoms with van der Waals surface area (Å²) in [5, 5.41) is 4.19. The number of anilines is 1. The molecule has 1 aliphatic carbocycles. The first-order chi connectivity index (χ1) is 17.1. The Hall–Kier alpha value is -2.85. The average molecular weight is 530 g/mol. The normalized spacial score (nSPS) is 24.3. The highest BCUT2D eigenvalue weighted by molar-refractivity contribution is 7.85. The maximum Gasteiger partial charge on any atom is 0.294 e. The molecule has 10 heteroatoms. The van der Waals surface area contributed by atoms with Gasteiger partial charge in [0.25, 0.3) is 15.9 Å². The van der Waals surface area contributed by atoms with Crippen LogP contribution in [0.1, 0.15) is 31.0 Å². The lowest BCUT2D eigenvalue weighted by atomic mass is 9.83. The molecule has 3 atom stereocenters. The van der Waals surface area contributed by atoms with Crippen molar-refractivity contribution in [1.29, 1.82) is 0 Å². The van der Waals surface area contributed by atoms with Gasteiger partial charge in [-0.05, 0) is 56.2 Å². The number of rotatable bonds is 3. The molecule has 3 aliphatic rings. The summed E-state index contributed by atoms with van der Waals surface area (Å²) >= 11 is 5.96. The topological polar surface area (TPSA) is 101 Å². The van der Waals surface area contributed by atoms with Gasteiger partial charge in [0.1, 0.15) is 5.69 Å². The summed E-state index contributed by atoms with van der Waals surface area (Å²) < 4.78 is 42.0. The van der Waals surface area contributed by atoms with Crippen molar-refractivity contribution in [3.63, 3.8) is 0 Å². The molecule has 2 aliphatic heterocycles. The minimum atomic E-state index is -4.02. The number of nitrogens with zero attached hydrogens (tertiary/aromatic N) is 2. The summed E-state index contributed by atoms with van der Waals surface area (Å²) in [6.07, 6.45) is 4.09. The summed E-state index contributed by atoms with van der Waals surface area (Å²) in [4.78, 5) is 6.79. The summed E-state index contributed by atoms with van der Waals surface area (Å²) in [5.74, 6) is 0.649. The third kappa shape index (κ3) is 4.88. The van der Waals surface area contributed by atoms with Crippen molar-refractivity contribution >= 4 is 27.4 Å². The minimum absolute atomic E-state index is 0.0666. The fourth-order valence-corrected chi connectivity index (χ4v) is 5.32. The van der Waals surface area contributed by atoms with E-state index in [4.69, 9.17) is 25.6 Å². The lowest BCUT2D eigenvalue weighted by Crippen LogP contribution is -2.63. The molecule has 8 nitrogen and oxygen atoms in total.